The van der Waals surface area contributed by atoms with Crippen LogP contribution in [0, 0.1) is 13.8 Å². The predicted octanol–water partition coefficient (Wildman–Crippen LogP) is 4.33. The van der Waals surface area contributed by atoms with Crippen LogP contribution in [0.4, 0.5) is 10.5 Å². The molecule has 1 aliphatic rings. The molecule has 0 bridgehead atoms. The van der Waals surface area contributed by atoms with Gasteiger partial charge in [0.25, 0.3) is 11.8 Å². The maximum atomic E-state index is 13.1. The summed E-state index contributed by atoms with van der Waals surface area (Å²) in [5.74, 6) is -1.92. The van der Waals surface area contributed by atoms with Gasteiger partial charge in [0.05, 0.1) is 21.8 Å². The van der Waals surface area contributed by atoms with Crippen molar-refractivity contribution >= 4 is 63.1 Å². The molecule has 10 heteroatoms. The van der Waals surface area contributed by atoms with Crippen molar-refractivity contribution in [2.24, 2.45) is 0 Å². The number of ether oxygens (including phenoxy) is 2. The van der Waals surface area contributed by atoms with Gasteiger partial charge in [-0.3, -0.25) is 14.9 Å². The van der Waals surface area contributed by atoms with Crippen LogP contribution in [-0.2, 0) is 19.1 Å². The van der Waals surface area contributed by atoms with Crippen molar-refractivity contribution < 1.29 is 28.7 Å². The van der Waals surface area contributed by atoms with E-state index in [0.717, 1.165) is 16.0 Å². The molecular weight excluding hydrogens is 516 g/mol. The highest BCUT2D eigenvalue weighted by molar-refractivity contribution is 9.10. The maximum absolute atomic E-state index is 13.1. The summed E-state index contributed by atoms with van der Waals surface area (Å²) in [5, 5.41) is 2.33. The normalized spacial score (nSPS) is 15.0. The minimum Gasteiger partial charge on any atom is -0.479 e. The second-order valence-corrected chi connectivity index (χ2v) is 8.40. The molecular formula is C23H20BrClN2O6. The van der Waals surface area contributed by atoms with Gasteiger partial charge in [-0.2, -0.15) is 0 Å². The standard InChI is InChI=1S/C23H20BrClN2O6/c1-4-32-19(28)11-33-20-17(24)9-14(10-18(20)25)8-16-21(29)26-23(31)27(22(16)30)15-6-5-12(2)13(3)7-15/h5-10H,4,11H2,1-3H3,(H,26,29,31)/b16-8+. The van der Waals surface area contributed by atoms with E-state index >= 15 is 0 Å². The summed E-state index contributed by atoms with van der Waals surface area (Å²) in [6.07, 6.45) is 1.32. The van der Waals surface area contributed by atoms with Gasteiger partial charge in [0.15, 0.2) is 12.4 Å². The van der Waals surface area contributed by atoms with Crippen molar-refractivity contribution in [3.8, 4) is 5.75 Å². The molecule has 4 amide bonds. The number of urea groups is 1. The first-order valence-corrected chi connectivity index (χ1v) is 11.1. The van der Waals surface area contributed by atoms with Crippen molar-refractivity contribution in [1.29, 1.82) is 0 Å². The van der Waals surface area contributed by atoms with Crippen LogP contribution in [0.2, 0.25) is 5.02 Å². The monoisotopic (exact) mass is 534 g/mol. The van der Waals surface area contributed by atoms with Gasteiger partial charge >= 0.3 is 12.0 Å². The molecule has 33 heavy (non-hydrogen) atoms. The summed E-state index contributed by atoms with van der Waals surface area (Å²) in [6.45, 7) is 5.34. The number of nitrogens with zero attached hydrogens (tertiary/aromatic N) is 1. The fraction of sp³-hybridized carbons (Fsp3) is 0.217. The van der Waals surface area contributed by atoms with Crippen LogP contribution in [0.5, 0.6) is 5.75 Å². The molecule has 172 valence electrons. The van der Waals surface area contributed by atoms with Gasteiger partial charge in [0.1, 0.15) is 5.57 Å². The number of amides is 4. The molecule has 0 atom stereocenters. The van der Waals surface area contributed by atoms with E-state index in [9.17, 15) is 19.2 Å². The number of hydrogen-bond acceptors (Lipinski definition) is 6. The highest BCUT2D eigenvalue weighted by atomic mass is 79.9. The maximum Gasteiger partial charge on any atom is 0.344 e. The Morgan fingerprint density at radius 1 is 1.15 bits per heavy atom. The summed E-state index contributed by atoms with van der Waals surface area (Å²) in [4.78, 5) is 50.3. The van der Waals surface area contributed by atoms with Gasteiger partial charge < -0.3 is 9.47 Å². The van der Waals surface area contributed by atoms with E-state index in [2.05, 4.69) is 21.2 Å². The third-order valence-corrected chi connectivity index (χ3v) is 5.69. The zero-order chi connectivity index (χ0) is 24.3. The largest absolute Gasteiger partial charge is 0.479 e. The van der Waals surface area contributed by atoms with Gasteiger partial charge in [-0.25, -0.2) is 14.5 Å². The molecule has 0 unspecified atom stereocenters. The van der Waals surface area contributed by atoms with Crippen molar-refractivity contribution in [1.82, 2.24) is 5.32 Å². The smallest absolute Gasteiger partial charge is 0.344 e. The Hall–Kier alpha value is -3.17. The first-order chi connectivity index (χ1) is 15.6. The Kier molecular flexibility index (Phi) is 7.55. The van der Waals surface area contributed by atoms with Gasteiger partial charge in [-0.05, 0) is 83.7 Å². The number of aryl methyl sites for hydroxylation is 2. The van der Waals surface area contributed by atoms with E-state index in [4.69, 9.17) is 21.1 Å². The Morgan fingerprint density at radius 2 is 1.88 bits per heavy atom. The lowest BCUT2D eigenvalue weighted by Gasteiger charge is -2.27. The van der Waals surface area contributed by atoms with Crippen LogP contribution >= 0.6 is 27.5 Å². The zero-order valence-corrected chi connectivity index (χ0v) is 20.4. The molecule has 0 saturated carbocycles. The lowest BCUT2D eigenvalue weighted by Crippen LogP contribution is -2.54. The van der Waals surface area contributed by atoms with Crippen LogP contribution in [0.15, 0.2) is 40.4 Å². The number of hydrogen-bond donors (Lipinski definition) is 1. The van der Waals surface area contributed by atoms with Crippen LogP contribution < -0.4 is 15.0 Å². The minimum atomic E-state index is -0.827. The number of nitrogens with one attached hydrogen (secondary N) is 1. The van der Waals surface area contributed by atoms with Crippen molar-refractivity contribution in [2.45, 2.75) is 20.8 Å². The second kappa shape index (κ2) is 10.2. The molecule has 3 rings (SSSR count). The summed E-state index contributed by atoms with van der Waals surface area (Å²) in [6, 6.07) is 7.33. The van der Waals surface area contributed by atoms with E-state index in [1.807, 2.05) is 13.8 Å². The number of imide groups is 2. The summed E-state index contributed by atoms with van der Waals surface area (Å²) < 4.78 is 10.6. The Morgan fingerprint density at radius 3 is 2.52 bits per heavy atom. The second-order valence-electron chi connectivity index (χ2n) is 7.13. The first-order valence-electron chi connectivity index (χ1n) is 9.88. The molecule has 2 aromatic rings. The molecule has 1 saturated heterocycles. The SMILES string of the molecule is CCOC(=O)COc1c(Cl)cc(/C=C2\C(=O)NC(=O)N(c3ccc(C)c(C)c3)C2=O)cc1Br. The van der Waals surface area contributed by atoms with Gasteiger partial charge in [0, 0.05) is 0 Å². The number of anilines is 1. The van der Waals surface area contributed by atoms with Gasteiger partial charge in [-0.15, -0.1) is 0 Å². The van der Waals surface area contributed by atoms with Crippen LogP contribution in [-0.4, -0.2) is 37.0 Å². The quantitative estimate of drug-likeness (QED) is 0.336. The molecule has 1 fully saturated rings. The molecule has 1 heterocycles. The summed E-state index contributed by atoms with van der Waals surface area (Å²) in [7, 11) is 0. The third kappa shape index (κ3) is 5.43. The summed E-state index contributed by atoms with van der Waals surface area (Å²) in [5.41, 5.74) is 2.41. The van der Waals surface area contributed by atoms with Crippen LogP contribution in [0.1, 0.15) is 23.6 Å². The molecule has 2 aromatic carbocycles. The first kappa shape index (κ1) is 24.5. The summed E-state index contributed by atoms with van der Waals surface area (Å²) >= 11 is 9.59. The van der Waals surface area contributed by atoms with Crippen LogP contribution in [0.3, 0.4) is 0 Å². The van der Waals surface area contributed by atoms with Crippen LogP contribution in [0.25, 0.3) is 6.08 Å². The lowest BCUT2D eigenvalue weighted by atomic mass is 10.0. The number of esters is 1. The van der Waals surface area contributed by atoms with Crippen molar-refractivity contribution in [3.05, 3.63) is 62.1 Å². The highest BCUT2D eigenvalue weighted by Gasteiger charge is 2.37. The fourth-order valence-corrected chi connectivity index (χ4v) is 4.05. The van der Waals surface area contributed by atoms with E-state index in [1.165, 1.54) is 12.1 Å². The Labute approximate surface area is 203 Å². The number of carbonyl (C=O) groups is 4. The van der Waals surface area contributed by atoms with Crippen molar-refractivity contribution in [2.75, 3.05) is 18.1 Å². The van der Waals surface area contributed by atoms with Gasteiger partial charge in [0.2, 0.25) is 0 Å². The van der Waals surface area contributed by atoms with E-state index in [1.54, 1.807) is 31.2 Å². The zero-order valence-electron chi connectivity index (χ0n) is 18.0. The van der Waals surface area contributed by atoms with E-state index in [-0.39, 0.29) is 29.6 Å². The fourth-order valence-electron chi connectivity index (χ4n) is 3.06. The predicted molar refractivity (Wildman–Crippen MR) is 126 cm³/mol. The number of rotatable bonds is 6. The molecule has 1 N–H and O–H groups in total. The number of carbonyl (C=O) groups excluding carboxylic acids is 4. The molecule has 0 radical (unpaired) electrons. The molecule has 0 aromatic heterocycles. The molecule has 1 aliphatic heterocycles. The third-order valence-electron chi connectivity index (χ3n) is 4.82. The molecule has 0 spiro atoms. The topological polar surface area (TPSA) is 102 Å². The minimum absolute atomic E-state index is 0.145. The average Bonchev–Trinajstić information content (AvgIpc) is 2.73. The number of barbiturate groups is 1. The average molecular weight is 536 g/mol. The van der Waals surface area contributed by atoms with E-state index < -0.39 is 23.8 Å². The van der Waals surface area contributed by atoms with Gasteiger partial charge in [-0.1, -0.05) is 17.7 Å². The lowest BCUT2D eigenvalue weighted by molar-refractivity contribution is -0.145. The number of benzene rings is 2. The van der Waals surface area contributed by atoms with E-state index in [0.29, 0.717) is 15.7 Å². The molecule has 0 aliphatic carbocycles. The number of halogens is 2. The van der Waals surface area contributed by atoms with Crippen molar-refractivity contribution in [3.63, 3.8) is 0 Å². The Bertz CT molecular complexity index is 1170. The highest BCUT2D eigenvalue weighted by Crippen LogP contribution is 2.35. The molecule has 8 nitrogen and oxygen atoms in total. The Balaban J connectivity index is 1.91.